The molecule has 1 amide bonds. The molecular formula is C20H21N3O3. The van der Waals surface area contributed by atoms with Crippen molar-refractivity contribution in [2.75, 3.05) is 4.90 Å². The van der Waals surface area contributed by atoms with Gasteiger partial charge in [0.05, 0.1) is 11.4 Å². The average molecular weight is 351 g/mol. The number of rotatable bonds is 2. The van der Waals surface area contributed by atoms with Gasteiger partial charge in [0.2, 0.25) is 0 Å². The van der Waals surface area contributed by atoms with Gasteiger partial charge in [-0.3, -0.25) is 0 Å². The van der Waals surface area contributed by atoms with E-state index in [1.807, 2.05) is 24.3 Å². The van der Waals surface area contributed by atoms with E-state index >= 15 is 0 Å². The minimum Gasteiger partial charge on any atom is -0.453 e. The third-order valence-electron chi connectivity index (χ3n) is 5.57. The number of benzene rings is 2. The third-order valence-corrected chi connectivity index (χ3v) is 5.57. The van der Waals surface area contributed by atoms with Gasteiger partial charge < -0.3 is 25.4 Å². The summed E-state index contributed by atoms with van der Waals surface area (Å²) in [7, 11) is 0. The molecule has 6 nitrogen and oxygen atoms in total. The Bertz CT molecular complexity index is 857. The van der Waals surface area contributed by atoms with Crippen LogP contribution in [0.1, 0.15) is 25.7 Å². The molecule has 6 heteroatoms. The van der Waals surface area contributed by atoms with E-state index in [1.165, 1.54) is 12.8 Å². The van der Waals surface area contributed by atoms with Crippen LogP contribution in [-0.2, 0) is 0 Å². The van der Waals surface area contributed by atoms with Gasteiger partial charge in [0.15, 0.2) is 11.5 Å². The van der Waals surface area contributed by atoms with Crippen LogP contribution in [-0.4, -0.2) is 24.2 Å². The average Bonchev–Trinajstić information content (AvgIpc) is 2.97. The molecule has 2 saturated heterocycles. The lowest BCUT2D eigenvalue weighted by Crippen LogP contribution is -2.47. The first kappa shape index (κ1) is 15.5. The van der Waals surface area contributed by atoms with Crippen molar-refractivity contribution in [3.63, 3.8) is 0 Å². The highest BCUT2D eigenvalue weighted by Gasteiger charge is 2.39. The van der Waals surface area contributed by atoms with Crippen molar-refractivity contribution < 1.29 is 14.3 Å². The number of fused-ring (bicyclic) bond motifs is 4. The monoisotopic (exact) mass is 351 g/mol. The number of hydrogen-bond donors (Lipinski definition) is 2. The van der Waals surface area contributed by atoms with Crippen LogP contribution in [0.5, 0.6) is 17.2 Å². The Hall–Kier alpha value is -2.73. The number of nitrogens with zero attached hydrogens (tertiary/aromatic N) is 1. The van der Waals surface area contributed by atoms with E-state index in [9.17, 15) is 4.79 Å². The van der Waals surface area contributed by atoms with E-state index in [-0.39, 0.29) is 0 Å². The Morgan fingerprint density at radius 2 is 1.81 bits per heavy atom. The number of nitrogens with two attached hydrogens (primary N) is 1. The fourth-order valence-corrected chi connectivity index (χ4v) is 4.58. The molecule has 26 heavy (non-hydrogen) atoms. The molecule has 2 aromatic rings. The summed E-state index contributed by atoms with van der Waals surface area (Å²) in [4.78, 5) is 13.5. The molecule has 2 fully saturated rings. The lowest BCUT2D eigenvalue weighted by Gasteiger charge is -2.42. The van der Waals surface area contributed by atoms with Gasteiger partial charge in [0.25, 0.3) is 0 Å². The maximum absolute atomic E-state index is 11.1. The largest absolute Gasteiger partial charge is 0.453 e. The van der Waals surface area contributed by atoms with E-state index in [0.717, 1.165) is 30.0 Å². The number of primary amides is 1. The number of hydrogen-bond acceptors (Lipinski definition) is 5. The van der Waals surface area contributed by atoms with Gasteiger partial charge in [-0.1, -0.05) is 12.1 Å². The van der Waals surface area contributed by atoms with Crippen molar-refractivity contribution >= 4 is 17.5 Å². The maximum atomic E-state index is 11.1. The Morgan fingerprint density at radius 1 is 1.08 bits per heavy atom. The fourth-order valence-electron chi connectivity index (χ4n) is 4.58. The van der Waals surface area contributed by atoms with Crippen molar-refractivity contribution in [3.05, 3.63) is 42.5 Å². The topological polar surface area (TPSA) is 76.8 Å². The van der Waals surface area contributed by atoms with Crippen LogP contribution in [0, 0.1) is 0 Å². The van der Waals surface area contributed by atoms with Crippen LogP contribution in [0.4, 0.5) is 16.2 Å². The molecule has 0 radical (unpaired) electrons. The Kier molecular flexibility index (Phi) is 3.53. The zero-order valence-corrected chi connectivity index (χ0v) is 14.4. The van der Waals surface area contributed by atoms with Gasteiger partial charge in [-0.2, -0.15) is 0 Å². The van der Waals surface area contributed by atoms with Crippen molar-refractivity contribution in [1.82, 2.24) is 5.32 Å². The summed E-state index contributed by atoms with van der Waals surface area (Å²) in [5.41, 5.74) is 7.24. The van der Waals surface area contributed by atoms with Crippen molar-refractivity contribution in [2.45, 2.75) is 43.8 Å². The first-order chi connectivity index (χ1) is 12.7. The normalized spacial score (nSPS) is 25.8. The predicted octanol–water partition coefficient (Wildman–Crippen LogP) is 3.67. The summed E-state index contributed by atoms with van der Waals surface area (Å²) in [6.45, 7) is 0. The fraction of sp³-hybridized carbons (Fsp3) is 0.350. The van der Waals surface area contributed by atoms with Crippen LogP contribution < -0.4 is 25.4 Å². The Labute approximate surface area is 151 Å². The second kappa shape index (κ2) is 5.92. The lowest BCUT2D eigenvalue weighted by atomic mass is 9.96. The molecule has 5 rings (SSSR count). The van der Waals surface area contributed by atoms with Crippen molar-refractivity contribution in [3.8, 4) is 17.2 Å². The van der Waals surface area contributed by atoms with Gasteiger partial charge in [-0.15, -0.1) is 0 Å². The highest BCUT2D eigenvalue weighted by molar-refractivity contribution is 5.80. The first-order valence-corrected chi connectivity index (χ1v) is 9.11. The smallest absolute Gasteiger partial charge is 0.409 e. The predicted molar refractivity (Wildman–Crippen MR) is 98.3 cm³/mol. The number of carbonyl (C=O) groups is 1. The zero-order valence-electron chi connectivity index (χ0n) is 14.4. The number of para-hydroxylation sites is 2. The highest BCUT2D eigenvalue weighted by Crippen LogP contribution is 2.50. The molecule has 0 spiro atoms. The van der Waals surface area contributed by atoms with E-state index in [4.69, 9.17) is 15.2 Å². The molecule has 0 aromatic heterocycles. The van der Waals surface area contributed by atoms with E-state index in [2.05, 4.69) is 16.3 Å². The second-order valence-corrected chi connectivity index (χ2v) is 7.25. The molecule has 3 N–H and O–H groups in total. The summed E-state index contributed by atoms with van der Waals surface area (Å²) in [6, 6.07) is 15.1. The second-order valence-electron chi connectivity index (χ2n) is 7.25. The van der Waals surface area contributed by atoms with Gasteiger partial charge in [-0.25, -0.2) is 4.79 Å². The molecule has 2 bridgehead atoms. The number of ether oxygens (including phenoxy) is 2. The highest BCUT2D eigenvalue weighted by atomic mass is 16.5. The molecule has 3 aliphatic heterocycles. The SMILES string of the molecule is NC(=O)Oc1ccc2c(c1)Oc1ccccc1N2C1CC2CCC(C1)N2. The summed E-state index contributed by atoms with van der Waals surface area (Å²) < 4.78 is 11.1. The van der Waals surface area contributed by atoms with Crippen LogP contribution in [0.3, 0.4) is 0 Å². The molecule has 3 aliphatic rings. The molecule has 2 atom stereocenters. The standard InChI is InChI=1S/C20H21N3O3/c21-20(24)25-15-7-8-17-19(11-15)26-18-4-2-1-3-16(18)23(17)14-9-12-5-6-13(10-14)22-12/h1-4,7-8,11-14,22H,5-6,9-10H2,(H2,21,24). The van der Waals surface area contributed by atoms with Crippen molar-refractivity contribution in [1.29, 1.82) is 0 Å². The summed E-state index contributed by atoms with van der Waals surface area (Å²) in [5.74, 6) is 1.90. The minimum atomic E-state index is -0.826. The van der Waals surface area contributed by atoms with Crippen LogP contribution in [0.15, 0.2) is 42.5 Å². The number of amides is 1. The third kappa shape index (κ3) is 2.57. The van der Waals surface area contributed by atoms with Crippen LogP contribution in [0.25, 0.3) is 0 Å². The van der Waals surface area contributed by atoms with E-state index in [0.29, 0.717) is 29.6 Å². The molecule has 2 unspecified atom stereocenters. The van der Waals surface area contributed by atoms with Crippen LogP contribution in [0.2, 0.25) is 0 Å². The van der Waals surface area contributed by atoms with E-state index < -0.39 is 6.09 Å². The molecular weight excluding hydrogens is 330 g/mol. The number of carbonyl (C=O) groups excluding carboxylic acids is 1. The number of nitrogens with one attached hydrogen (secondary N) is 1. The Morgan fingerprint density at radius 3 is 2.58 bits per heavy atom. The molecule has 0 aliphatic carbocycles. The lowest BCUT2D eigenvalue weighted by molar-refractivity contribution is 0.210. The Balaban J connectivity index is 1.57. The zero-order chi connectivity index (χ0) is 17.7. The summed E-state index contributed by atoms with van der Waals surface area (Å²) >= 11 is 0. The molecule has 0 saturated carbocycles. The van der Waals surface area contributed by atoms with Gasteiger partial charge in [0.1, 0.15) is 5.75 Å². The minimum absolute atomic E-state index is 0.390. The molecule has 2 aromatic carbocycles. The van der Waals surface area contributed by atoms with E-state index in [1.54, 1.807) is 12.1 Å². The summed E-state index contributed by atoms with van der Waals surface area (Å²) in [6.07, 6.45) is 3.91. The first-order valence-electron chi connectivity index (χ1n) is 9.11. The number of piperidine rings is 1. The molecule has 3 heterocycles. The van der Waals surface area contributed by atoms with Gasteiger partial charge >= 0.3 is 6.09 Å². The summed E-state index contributed by atoms with van der Waals surface area (Å²) in [5, 5.41) is 3.71. The van der Waals surface area contributed by atoms with Gasteiger partial charge in [0, 0.05) is 24.2 Å². The molecule has 134 valence electrons. The number of anilines is 2. The van der Waals surface area contributed by atoms with Gasteiger partial charge in [-0.05, 0) is 49.9 Å². The quantitative estimate of drug-likeness (QED) is 0.863. The van der Waals surface area contributed by atoms with Crippen LogP contribution >= 0.6 is 0 Å². The maximum Gasteiger partial charge on any atom is 0.409 e. The van der Waals surface area contributed by atoms with Crippen molar-refractivity contribution in [2.24, 2.45) is 5.73 Å².